The van der Waals surface area contributed by atoms with Gasteiger partial charge in [0, 0.05) is 25.5 Å². The van der Waals surface area contributed by atoms with E-state index in [1.54, 1.807) is 18.9 Å². The molecule has 1 aromatic heterocycles. The molecule has 1 heterocycles. The zero-order valence-corrected chi connectivity index (χ0v) is 12.0. The maximum atomic E-state index is 5.30. The van der Waals surface area contributed by atoms with Crippen LogP contribution >= 0.6 is 0 Å². The van der Waals surface area contributed by atoms with E-state index >= 15 is 0 Å². The summed E-state index contributed by atoms with van der Waals surface area (Å²) in [7, 11) is 3.30. The number of rotatable bonds is 6. The van der Waals surface area contributed by atoms with Crippen molar-refractivity contribution in [3.63, 3.8) is 0 Å². The highest BCUT2D eigenvalue weighted by Crippen LogP contribution is 2.13. The number of hydrogen-bond acceptors (Lipinski definition) is 4. The summed E-state index contributed by atoms with van der Waals surface area (Å²) in [5.74, 6) is 1.89. The summed E-state index contributed by atoms with van der Waals surface area (Å²) >= 11 is 0. The monoisotopic (exact) mass is 255 g/mol. The minimum atomic E-state index is -0.136. The highest BCUT2D eigenvalue weighted by atomic mass is 16.5. The fraction of sp³-hybridized carbons (Fsp3) is 0.750. The van der Waals surface area contributed by atoms with Crippen molar-refractivity contribution in [2.45, 2.75) is 39.9 Å². The van der Waals surface area contributed by atoms with Crippen LogP contribution in [-0.2, 0) is 9.47 Å². The molecule has 1 rings (SSSR count). The van der Waals surface area contributed by atoms with Crippen molar-refractivity contribution in [3.8, 4) is 0 Å². The predicted molar refractivity (Wildman–Crippen MR) is 68.4 cm³/mol. The van der Waals surface area contributed by atoms with Gasteiger partial charge in [0.2, 0.25) is 0 Å². The number of aromatic amines is 1. The van der Waals surface area contributed by atoms with Crippen LogP contribution in [0.25, 0.3) is 0 Å². The summed E-state index contributed by atoms with van der Waals surface area (Å²) in [5, 5.41) is 11.7. The zero-order chi connectivity index (χ0) is 13.7. The van der Waals surface area contributed by atoms with Gasteiger partial charge in [-0.05, 0) is 19.8 Å². The third-order valence-corrected chi connectivity index (χ3v) is 2.67. The summed E-state index contributed by atoms with van der Waals surface area (Å²) in [6, 6.07) is 0. The van der Waals surface area contributed by atoms with Gasteiger partial charge in [0.1, 0.15) is 12.2 Å². The van der Waals surface area contributed by atoms with Crippen LogP contribution in [0.2, 0.25) is 0 Å². The molecular formula is C12H23N4O2+. The van der Waals surface area contributed by atoms with Crippen LogP contribution in [0.1, 0.15) is 51.6 Å². The molecule has 2 atom stereocenters. The molecule has 6 heteroatoms. The molecule has 18 heavy (non-hydrogen) atoms. The third-order valence-electron chi connectivity index (χ3n) is 2.67. The summed E-state index contributed by atoms with van der Waals surface area (Å²) in [6.45, 7) is 8.01. The molecule has 0 bridgehead atoms. The number of hydrogen-bond donors (Lipinski definition) is 1. The van der Waals surface area contributed by atoms with Crippen molar-refractivity contribution in [2.24, 2.45) is 11.0 Å². The Kier molecular flexibility index (Phi) is 5.43. The lowest BCUT2D eigenvalue weighted by Gasteiger charge is -2.06. The molecule has 6 nitrogen and oxygen atoms in total. The van der Waals surface area contributed by atoms with Crippen LogP contribution in [0.4, 0.5) is 0 Å². The first-order valence-corrected chi connectivity index (χ1v) is 6.11. The number of nitrogens with zero attached hydrogens (tertiary/aromatic N) is 3. The third kappa shape index (κ3) is 3.36. The lowest BCUT2D eigenvalue weighted by Crippen LogP contribution is -2.38. The topological polar surface area (TPSA) is 63.4 Å². The highest BCUT2D eigenvalue weighted by molar-refractivity contribution is 5.58. The van der Waals surface area contributed by atoms with Gasteiger partial charge in [-0.15, -0.1) is 14.9 Å². The van der Waals surface area contributed by atoms with Gasteiger partial charge in [-0.1, -0.05) is 13.8 Å². The van der Waals surface area contributed by atoms with Gasteiger partial charge < -0.3 is 9.47 Å². The van der Waals surface area contributed by atoms with E-state index in [9.17, 15) is 0 Å². The molecular weight excluding hydrogens is 232 g/mol. The lowest BCUT2D eigenvalue weighted by molar-refractivity contribution is -0.700. The van der Waals surface area contributed by atoms with Gasteiger partial charge in [-0.3, -0.25) is 0 Å². The minimum Gasteiger partial charge on any atom is -0.371 e. The summed E-state index contributed by atoms with van der Waals surface area (Å²) < 4.78 is 12.3. The fourth-order valence-electron chi connectivity index (χ4n) is 1.40. The van der Waals surface area contributed by atoms with E-state index in [0.717, 1.165) is 11.6 Å². The van der Waals surface area contributed by atoms with Gasteiger partial charge in [-0.25, -0.2) is 0 Å². The average Bonchev–Trinajstić information content (AvgIpc) is 2.78. The van der Waals surface area contributed by atoms with Crippen molar-refractivity contribution in [2.75, 3.05) is 14.2 Å². The highest BCUT2D eigenvalue weighted by Gasteiger charge is 2.28. The van der Waals surface area contributed by atoms with E-state index in [0.29, 0.717) is 5.92 Å². The molecule has 0 fully saturated rings. The largest absolute Gasteiger partial charge is 0.371 e. The lowest BCUT2D eigenvalue weighted by atomic mass is 10.3. The van der Waals surface area contributed by atoms with Crippen LogP contribution < -0.4 is 4.68 Å². The van der Waals surface area contributed by atoms with Crippen LogP contribution in [-0.4, -0.2) is 30.6 Å². The molecule has 0 aromatic carbocycles. The summed E-state index contributed by atoms with van der Waals surface area (Å²) in [6.07, 6.45) is 1.62. The first kappa shape index (κ1) is 14.8. The zero-order valence-electron chi connectivity index (χ0n) is 12.0. The molecule has 1 N–H and O–H groups in total. The molecule has 0 spiro atoms. The first-order valence-electron chi connectivity index (χ1n) is 6.11. The predicted octanol–water partition coefficient (Wildman–Crippen LogP) is 1.60. The smallest absolute Gasteiger partial charge is 0.329 e. The van der Waals surface area contributed by atoms with E-state index in [2.05, 4.69) is 29.1 Å². The molecule has 102 valence electrons. The van der Waals surface area contributed by atoms with E-state index in [-0.39, 0.29) is 12.2 Å². The summed E-state index contributed by atoms with van der Waals surface area (Å²) in [5.41, 5.74) is 0. The molecule has 0 aliphatic carbocycles. The Labute approximate surface area is 108 Å². The molecule has 0 unspecified atom stereocenters. The Morgan fingerprint density at radius 1 is 1.17 bits per heavy atom. The average molecular weight is 255 g/mol. The standard InChI is InChI=1S/C12H22N4O2/c1-8(2)7-13-16-11(9(3)17-5)14-15-12(16)10(4)18-6/h7-10H,1-6H3/p+1/t9-,10-/m0/s1. The number of methoxy groups -OCH3 is 2. The van der Waals surface area contributed by atoms with Crippen molar-refractivity contribution < 1.29 is 14.1 Å². The van der Waals surface area contributed by atoms with Gasteiger partial charge in [0.25, 0.3) is 5.82 Å². The number of nitrogens with one attached hydrogen (secondary N) is 1. The quantitative estimate of drug-likeness (QED) is 0.620. The van der Waals surface area contributed by atoms with Crippen molar-refractivity contribution in [1.82, 2.24) is 10.2 Å². The Morgan fingerprint density at radius 3 is 2.28 bits per heavy atom. The Balaban J connectivity index is 3.16. The van der Waals surface area contributed by atoms with E-state index in [4.69, 9.17) is 9.47 Å². The molecule has 0 radical (unpaired) electrons. The number of ether oxygens (including phenoxy) is 2. The van der Waals surface area contributed by atoms with Gasteiger partial charge in [0.05, 0.1) is 0 Å². The van der Waals surface area contributed by atoms with Gasteiger partial charge in [0.15, 0.2) is 0 Å². The normalized spacial score (nSPS) is 15.5. The van der Waals surface area contributed by atoms with Crippen molar-refractivity contribution in [3.05, 3.63) is 11.6 Å². The van der Waals surface area contributed by atoms with Crippen molar-refractivity contribution in [1.29, 1.82) is 0 Å². The second kappa shape index (κ2) is 6.61. The van der Waals surface area contributed by atoms with E-state index in [1.807, 2.05) is 20.1 Å². The van der Waals surface area contributed by atoms with Gasteiger partial charge >= 0.3 is 5.82 Å². The molecule has 1 aromatic rings. The Bertz CT molecular complexity index is 373. The van der Waals surface area contributed by atoms with Crippen LogP contribution in [0.5, 0.6) is 0 Å². The van der Waals surface area contributed by atoms with Gasteiger partial charge in [-0.2, -0.15) is 0 Å². The fourth-order valence-corrected chi connectivity index (χ4v) is 1.40. The second-order valence-electron chi connectivity index (χ2n) is 4.54. The van der Waals surface area contributed by atoms with E-state index < -0.39 is 0 Å². The maximum absolute atomic E-state index is 5.30. The molecule has 0 saturated heterocycles. The van der Waals surface area contributed by atoms with Crippen LogP contribution in [0.3, 0.4) is 0 Å². The molecule has 0 amide bonds. The molecule has 0 aliphatic rings. The number of H-pyrrole nitrogens is 1. The minimum absolute atomic E-state index is 0.111. The SMILES string of the molecule is CO[C@@H](C)c1n[nH]c([C@H](C)OC)[n+]1N=CC(C)C. The van der Waals surface area contributed by atoms with Crippen molar-refractivity contribution >= 4 is 6.21 Å². The molecule has 0 aliphatic heterocycles. The number of aromatic nitrogens is 3. The second-order valence-corrected chi connectivity index (χ2v) is 4.54. The van der Waals surface area contributed by atoms with Crippen LogP contribution in [0.15, 0.2) is 5.10 Å². The Hall–Kier alpha value is -1.27. The van der Waals surface area contributed by atoms with Crippen LogP contribution in [0, 0.1) is 5.92 Å². The first-order chi connectivity index (χ1) is 8.51. The maximum Gasteiger partial charge on any atom is 0.329 e. The Morgan fingerprint density at radius 2 is 1.78 bits per heavy atom. The molecule has 0 saturated carbocycles. The van der Waals surface area contributed by atoms with E-state index in [1.165, 1.54) is 0 Å². The summed E-state index contributed by atoms with van der Waals surface area (Å²) in [4.78, 5) is 0.